The second-order valence-electron chi connectivity index (χ2n) is 6.42. The van der Waals surface area contributed by atoms with E-state index in [0.29, 0.717) is 11.5 Å². The Morgan fingerprint density at radius 1 is 0.893 bits per heavy atom. The third kappa shape index (κ3) is 3.64. The third-order valence-corrected chi connectivity index (χ3v) is 5.80. The zero-order valence-electron chi connectivity index (χ0n) is 15.4. The van der Waals surface area contributed by atoms with Crippen LogP contribution in [0.25, 0.3) is 0 Å². The van der Waals surface area contributed by atoms with Gasteiger partial charge < -0.3 is 19.5 Å². The summed E-state index contributed by atoms with van der Waals surface area (Å²) < 4.78 is 19.3. The summed E-state index contributed by atoms with van der Waals surface area (Å²) in [6.45, 7) is 0. The van der Waals surface area contributed by atoms with E-state index in [-0.39, 0.29) is 12.3 Å². The van der Waals surface area contributed by atoms with Gasteiger partial charge in [0.15, 0.2) is 17.7 Å². The van der Waals surface area contributed by atoms with Crippen LogP contribution in [0.15, 0.2) is 69.6 Å². The molecule has 3 aromatic rings. The first-order valence-corrected chi connectivity index (χ1v) is 10.4. The molecule has 4 nitrogen and oxygen atoms in total. The third-order valence-electron chi connectivity index (χ3n) is 4.72. The van der Waals surface area contributed by atoms with E-state index in [2.05, 4.69) is 61.4 Å². The van der Waals surface area contributed by atoms with E-state index in [0.717, 1.165) is 31.3 Å². The van der Waals surface area contributed by atoms with Crippen molar-refractivity contribution in [2.24, 2.45) is 0 Å². The van der Waals surface area contributed by atoms with Crippen LogP contribution >= 0.6 is 31.9 Å². The van der Waals surface area contributed by atoms with Gasteiger partial charge in [-0.25, -0.2) is 0 Å². The molecule has 3 aromatic carbocycles. The maximum absolute atomic E-state index is 6.52. The van der Waals surface area contributed by atoms with Gasteiger partial charge in [0.25, 0.3) is 0 Å². The van der Waals surface area contributed by atoms with E-state index in [1.807, 2.05) is 36.4 Å². The number of benzene rings is 3. The van der Waals surface area contributed by atoms with Crippen LogP contribution in [0.3, 0.4) is 0 Å². The highest BCUT2D eigenvalue weighted by atomic mass is 79.9. The zero-order valence-corrected chi connectivity index (χ0v) is 18.6. The number of fused-ring (bicyclic) bond motifs is 1. The van der Waals surface area contributed by atoms with Gasteiger partial charge in [-0.15, -0.1) is 0 Å². The van der Waals surface area contributed by atoms with Crippen LogP contribution in [0.2, 0.25) is 0 Å². The highest BCUT2D eigenvalue weighted by Gasteiger charge is 2.30. The molecule has 0 saturated carbocycles. The van der Waals surface area contributed by atoms with E-state index >= 15 is 0 Å². The minimum Gasteiger partial charge on any atom is -0.493 e. The van der Waals surface area contributed by atoms with Gasteiger partial charge >= 0.3 is 0 Å². The lowest BCUT2D eigenvalue weighted by molar-refractivity contribution is 0.0155. The predicted octanol–water partition coefficient (Wildman–Crippen LogP) is 6.46. The van der Waals surface area contributed by atoms with Crippen molar-refractivity contribution in [3.8, 4) is 11.5 Å². The number of hydrogen-bond acceptors (Lipinski definition) is 4. The summed E-state index contributed by atoms with van der Waals surface area (Å²) in [5.74, 6) is 1.31. The molecule has 0 fully saturated rings. The van der Waals surface area contributed by atoms with Gasteiger partial charge in [-0.3, -0.25) is 0 Å². The molecule has 0 amide bonds. The van der Waals surface area contributed by atoms with E-state index in [9.17, 15) is 0 Å². The molecule has 0 saturated heterocycles. The minimum atomic E-state index is -0.338. The normalized spacial score (nSPS) is 18.1. The maximum atomic E-state index is 6.52. The first kappa shape index (κ1) is 19.3. The quantitative estimate of drug-likeness (QED) is 0.442. The Morgan fingerprint density at radius 2 is 1.68 bits per heavy atom. The molecule has 0 radical (unpaired) electrons. The second-order valence-corrected chi connectivity index (χ2v) is 8.19. The average Bonchev–Trinajstić information content (AvgIpc) is 2.73. The number of ether oxygens (including phenoxy) is 3. The SMILES string of the molecule is COc1cc([C@H]2Nc3ccc(Br)cc3[C@H](c3ccccc3)O2)cc(Br)c1OC. The van der Waals surface area contributed by atoms with Crippen molar-refractivity contribution < 1.29 is 14.2 Å². The molecule has 0 aromatic heterocycles. The fraction of sp³-hybridized carbons (Fsp3) is 0.182. The molecule has 6 heteroatoms. The van der Waals surface area contributed by atoms with E-state index < -0.39 is 0 Å². The predicted molar refractivity (Wildman–Crippen MR) is 117 cm³/mol. The van der Waals surface area contributed by atoms with Gasteiger partial charge in [-0.1, -0.05) is 46.3 Å². The van der Waals surface area contributed by atoms with E-state index in [1.165, 1.54) is 0 Å². The zero-order chi connectivity index (χ0) is 19.7. The van der Waals surface area contributed by atoms with Crippen molar-refractivity contribution in [2.75, 3.05) is 19.5 Å². The van der Waals surface area contributed by atoms with Crippen molar-refractivity contribution in [3.05, 3.63) is 86.3 Å². The minimum absolute atomic E-state index is 0.188. The first-order chi connectivity index (χ1) is 13.6. The average molecular weight is 505 g/mol. The van der Waals surface area contributed by atoms with Crippen molar-refractivity contribution in [1.82, 2.24) is 0 Å². The van der Waals surface area contributed by atoms with Crippen LogP contribution in [0.5, 0.6) is 11.5 Å². The molecule has 0 spiro atoms. The van der Waals surface area contributed by atoms with Gasteiger partial charge in [-0.05, 0) is 51.8 Å². The number of methoxy groups -OCH3 is 2. The van der Waals surface area contributed by atoms with Crippen LogP contribution in [-0.2, 0) is 4.74 Å². The second kappa shape index (κ2) is 8.15. The molecule has 1 heterocycles. The van der Waals surface area contributed by atoms with Gasteiger partial charge in [0.05, 0.1) is 18.7 Å². The molecule has 0 aliphatic carbocycles. The molecule has 28 heavy (non-hydrogen) atoms. The Balaban J connectivity index is 1.79. The Bertz CT molecular complexity index is 995. The largest absolute Gasteiger partial charge is 0.493 e. The monoisotopic (exact) mass is 503 g/mol. The van der Waals surface area contributed by atoms with Crippen LogP contribution in [-0.4, -0.2) is 14.2 Å². The smallest absolute Gasteiger partial charge is 0.174 e. The summed E-state index contributed by atoms with van der Waals surface area (Å²) in [5, 5.41) is 3.50. The summed E-state index contributed by atoms with van der Waals surface area (Å²) >= 11 is 7.15. The fourth-order valence-corrected chi connectivity index (χ4v) is 4.40. The number of nitrogens with one attached hydrogen (secondary N) is 1. The standard InChI is InChI=1S/C22H19Br2NO3/c1-26-19-11-14(10-17(24)21(19)27-2)22-25-18-9-8-15(23)12-16(18)20(28-22)13-6-4-3-5-7-13/h3-12,20,22,25H,1-2H3/t20-,22-/m0/s1. The van der Waals surface area contributed by atoms with Crippen molar-refractivity contribution in [2.45, 2.75) is 12.3 Å². The molecule has 0 bridgehead atoms. The van der Waals surface area contributed by atoms with Gasteiger partial charge in [0.1, 0.15) is 6.10 Å². The summed E-state index contributed by atoms with van der Waals surface area (Å²) in [4.78, 5) is 0. The number of anilines is 1. The van der Waals surface area contributed by atoms with Crippen LogP contribution in [0, 0.1) is 0 Å². The summed E-state index contributed by atoms with van der Waals surface area (Å²) in [6.07, 6.45) is -0.526. The van der Waals surface area contributed by atoms with Gasteiger partial charge in [-0.2, -0.15) is 0 Å². The molecule has 4 rings (SSSR count). The van der Waals surface area contributed by atoms with Gasteiger partial charge in [0, 0.05) is 21.3 Å². The lowest BCUT2D eigenvalue weighted by Crippen LogP contribution is -2.25. The van der Waals surface area contributed by atoms with Crippen LogP contribution in [0.1, 0.15) is 29.0 Å². The van der Waals surface area contributed by atoms with Crippen LogP contribution in [0.4, 0.5) is 5.69 Å². The number of rotatable bonds is 4. The number of halogens is 2. The van der Waals surface area contributed by atoms with Crippen LogP contribution < -0.4 is 14.8 Å². The fourth-order valence-electron chi connectivity index (χ4n) is 3.40. The molecular weight excluding hydrogens is 486 g/mol. The molecule has 1 N–H and O–H groups in total. The maximum Gasteiger partial charge on any atom is 0.174 e. The Hall–Kier alpha value is -2.02. The molecule has 1 aliphatic heterocycles. The van der Waals surface area contributed by atoms with Crippen molar-refractivity contribution in [3.63, 3.8) is 0 Å². The van der Waals surface area contributed by atoms with Crippen molar-refractivity contribution >= 4 is 37.5 Å². The van der Waals surface area contributed by atoms with E-state index in [1.54, 1.807) is 14.2 Å². The molecule has 2 atom stereocenters. The molecule has 0 unspecified atom stereocenters. The lowest BCUT2D eigenvalue weighted by atomic mass is 9.97. The van der Waals surface area contributed by atoms with Gasteiger partial charge in [0.2, 0.25) is 0 Å². The molecule has 144 valence electrons. The Labute approximate surface area is 181 Å². The first-order valence-electron chi connectivity index (χ1n) is 8.78. The highest BCUT2D eigenvalue weighted by Crippen LogP contribution is 2.45. The topological polar surface area (TPSA) is 39.7 Å². The Morgan fingerprint density at radius 3 is 2.39 bits per heavy atom. The number of hydrogen-bond donors (Lipinski definition) is 1. The highest BCUT2D eigenvalue weighted by molar-refractivity contribution is 9.10. The summed E-state index contributed by atoms with van der Waals surface area (Å²) in [6, 6.07) is 20.4. The van der Waals surface area contributed by atoms with E-state index in [4.69, 9.17) is 14.2 Å². The molecular formula is C22H19Br2NO3. The molecule has 1 aliphatic rings. The summed E-state index contributed by atoms with van der Waals surface area (Å²) in [5.41, 5.74) is 4.18. The summed E-state index contributed by atoms with van der Waals surface area (Å²) in [7, 11) is 3.25. The Kier molecular flexibility index (Phi) is 5.62. The lowest BCUT2D eigenvalue weighted by Gasteiger charge is -2.34. The van der Waals surface area contributed by atoms with Crippen molar-refractivity contribution in [1.29, 1.82) is 0 Å².